The second kappa shape index (κ2) is 7.20. The highest BCUT2D eigenvalue weighted by Gasteiger charge is 2.24. The van der Waals surface area contributed by atoms with Crippen LogP contribution in [0.3, 0.4) is 0 Å². The number of hydrogen-bond acceptors (Lipinski definition) is 7. The van der Waals surface area contributed by atoms with Crippen molar-refractivity contribution in [1.29, 1.82) is 0 Å². The SMILES string of the molecule is Cn1cc(-c2ccc3cnc(NC(=O)c4ccnc(N5CC(N)C5)c4)cc3c2)nn1. The Morgan fingerprint density at radius 1 is 1.13 bits per heavy atom. The zero-order valence-corrected chi connectivity index (χ0v) is 16.4. The fourth-order valence-corrected chi connectivity index (χ4v) is 3.47. The van der Waals surface area contributed by atoms with Crippen molar-refractivity contribution in [3.05, 3.63) is 60.6 Å². The standard InChI is InChI=1S/C21H20N8O/c1-28-12-18(26-27-28)13-2-3-15-9-24-19(7-16(15)6-13)25-21(30)14-4-5-23-20(8-14)29-10-17(22)11-29/h2-9,12,17H,10-11,22H2,1H3,(H,24,25,30). The van der Waals surface area contributed by atoms with Crippen LogP contribution < -0.4 is 16.0 Å². The molecule has 4 aromatic rings. The summed E-state index contributed by atoms with van der Waals surface area (Å²) in [6.45, 7) is 1.50. The van der Waals surface area contributed by atoms with Gasteiger partial charge in [-0.1, -0.05) is 17.3 Å². The van der Waals surface area contributed by atoms with Gasteiger partial charge in [-0.25, -0.2) is 9.97 Å². The van der Waals surface area contributed by atoms with Crippen molar-refractivity contribution in [3.8, 4) is 11.3 Å². The number of hydrogen-bond donors (Lipinski definition) is 2. The van der Waals surface area contributed by atoms with E-state index < -0.39 is 0 Å². The minimum absolute atomic E-state index is 0.165. The number of nitrogens with zero attached hydrogens (tertiary/aromatic N) is 6. The molecule has 0 spiro atoms. The lowest BCUT2D eigenvalue weighted by atomic mass is 10.1. The third-order valence-corrected chi connectivity index (χ3v) is 5.10. The molecular weight excluding hydrogens is 380 g/mol. The Hall–Kier alpha value is -3.85. The number of carbonyl (C=O) groups is 1. The first kappa shape index (κ1) is 18.2. The van der Waals surface area contributed by atoms with Gasteiger partial charge in [0.2, 0.25) is 0 Å². The number of aromatic nitrogens is 5. The Morgan fingerprint density at radius 3 is 2.77 bits per heavy atom. The number of fused-ring (bicyclic) bond motifs is 1. The highest BCUT2D eigenvalue weighted by Crippen LogP contribution is 2.24. The average Bonchev–Trinajstić information content (AvgIpc) is 3.17. The molecule has 0 atom stereocenters. The van der Waals surface area contributed by atoms with Crippen molar-refractivity contribution < 1.29 is 4.79 Å². The van der Waals surface area contributed by atoms with Crippen LogP contribution >= 0.6 is 0 Å². The van der Waals surface area contributed by atoms with E-state index >= 15 is 0 Å². The number of nitrogens with two attached hydrogens (primary N) is 1. The molecule has 0 bridgehead atoms. The van der Waals surface area contributed by atoms with Crippen molar-refractivity contribution in [2.24, 2.45) is 12.8 Å². The zero-order chi connectivity index (χ0) is 20.7. The zero-order valence-electron chi connectivity index (χ0n) is 16.4. The molecule has 0 saturated carbocycles. The van der Waals surface area contributed by atoms with E-state index in [9.17, 15) is 4.79 Å². The van der Waals surface area contributed by atoms with Crippen LogP contribution in [0.4, 0.5) is 11.6 Å². The van der Waals surface area contributed by atoms with Gasteiger partial charge in [-0.3, -0.25) is 9.48 Å². The molecule has 1 aromatic carbocycles. The van der Waals surface area contributed by atoms with E-state index in [1.54, 1.807) is 29.2 Å². The summed E-state index contributed by atoms with van der Waals surface area (Å²) in [5.74, 6) is 0.998. The molecular formula is C21H20N8O. The summed E-state index contributed by atoms with van der Waals surface area (Å²) in [6.07, 6.45) is 5.23. The largest absolute Gasteiger partial charge is 0.353 e. The topological polar surface area (TPSA) is 115 Å². The molecule has 150 valence electrons. The second-order valence-corrected chi connectivity index (χ2v) is 7.43. The van der Waals surface area contributed by atoms with Gasteiger partial charge in [0, 0.05) is 55.1 Å². The summed E-state index contributed by atoms with van der Waals surface area (Å²) in [5, 5.41) is 12.9. The van der Waals surface area contributed by atoms with Gasteiger partial charge in [-0.15, -0.1) is 5.10 Å². The van der Waals surface area contributed by atoms with Gasteiger partial charge in [-0.2, -0.15) is 0 Å². The van der Waals surface area contributed by atoms with Crippen LogP contribution in [0.25, 0.3) is 22.0 Å². The predicted molar refractivity (Wildman–Crippen MR) is 114 cm³/mol. The molecule has 9 nitrogen and oxygen atoms in total. The highest BCUT2D eigenvalue weighted by molar-refractivity contribution is 6.05. The predicted octanol–water partition coefficient (Wildman–Crippen LogP) is 1.82. The van der Waals surface area contributed by atoms with Crippen molar-refractivity contribution in [2.45, 2.75) is 6.04 Å². The first-order valence-electron chi connectivity index (χ1n) is 9.59. The highest BCUT2D eigenvalue weighted by atomic mass is 16.1. The molecule has 1 amide bonds. The van der Waals surface area contributed by atoms with Gasteiger partial charge in [0.25, 0.3) is 5.91 Å². The van der Waals surface area contributed by atoms with Gasteiger partial charge in [0.1, 0.15) is 17.3 Å². The van der Waals surface area contributed by atoms with E-state index in [2.05, 4.69) is 25.6 Å². The van der Waals surface area contributed by atoms with E-state index in [1.807, 2.05) is 42.4 Å². The van der Waals surface area contributed by atoms with Crippen molar-refractivity contribution in [1.82, 2.24) is 25.0 Å². The molecule has 3 aromatic heterocycles. The molecule has 0 radical (unpaired) electrons. The quantitative estimate of drug-likeness (QED) is 0.537. The number of benzene rings is 1. The molecule has 1 fully saturated rings. The summed E-state index contributed by atoms with van der Waals surface area (Å²) < 4.78 is 1.66. The normalized spacial score (nSPS) is 14.0. The lowest BCUT2D eigenvalue weighted by molar-refractivity contribution is 0.102. The molecule has 4 heterocycles. The van der Waals surface area contributed by atoms with Crippen LogP contribution in [0.1, 0.15) is 10.4 Å². The molecule has 0 unspecified atom stereocenters. The van der Waals surface area contributed by atoms with E-state index in [0.29, 0.717) is 11.4 Å². The lowest BCUT2D eigenvalue weighted by Crippen LogP contribution is -2.56. The molecule has 5 rings (SSSR count). The van der Waals surface area contributed by atoms with E-state index in [4.69, 9.17) is 5.73 Å². The van der Waals surface area contributed by atoms with Gasteiger partial charge < -0.3 is 16.0 Å². The number of aryl methyl sites for hydroxylation is 1. The Kier molecular flexibility index (Phi) is 4.36. The number of anilines is 2. The molecule has 3 N–H and O–H groups in total. The van der Waals surface area contributed by atoms with E-state index in [-0.39, 0.29) is 11.9 Å². The third kappa shape index (κ3) is 3.46. The number of nitrogens with one attached hydrogen (secondary N) is 1. The summed E-state index contributed by atoms with van der Waals surface area (Å²) >= 11 is 0. The van der Waals surface area contributed by atoms with Crippen LogP contribution in [-0.2, 0) is 7.05 Å². The Morgan fingerprint density at radius 2 is 2.00 bits per heavy atom. The van der Waals surface area contributed by atoms with Crippen LogP contribution in [-0.4, -0.2) is 50.0 Å². The maximum absolute atomic E-state index is 12.7. The van der Waals surface area contributed by atoms with Gasteiger partial charge in [-0.05, 0) is 29.7 Å². The fourth-order valence-electron chi connectivity index (χ4n) is 3.47. The van der Waals surface area contributed by atoms with E-state index in [0.717, 1.165) is 40.9 Å². The lowest BCUT2D eigenvalue weighted by Gasteiger charge is -2.37. The van der Waals surface area contributed by atoms with Crippen molar-refractivity contribution in [3.63, 3.8) is 0 Å². The minimum atomic E-state index is -0.236. The molecule has 30 heavy (non-hydrogen) atoms. The third-order valence-electron chi connectivity index (χ3n) is 5.10. The van der Waals surface area contributed by atoms with Crippen LogP contribution in [0.5, 0.6) is 0 Å². The number of rotatable bonds is 4. The number of amides is 1. The van der Waals surface area contributed by atoms with Crippen LogP contribution in [0.15, 0.2) is 55.0 Å². The Labute approximate surface area is 172 Å². The molecule has 1 aliphatic rings. The van der Waals surface area contributed by atoms with Gasteiger partial charge >= 0.3 is 0 Å². The van der Waals surface area contributed by atoms with Gasteiger partial charge in [0.05, 0.1) is 6.20 Å². The molecule has 1 saturated heterocycles. The molecule has 0 aliphatic carbocycles. The van der Waals surface area contributed by atoms with Gasteiger partial charge in [0.15, 0.2) is 0 Å². The summed E-state index contributed by atoms with van der Waals surface area (Å²) in [4.78, 5) is 23.5. The summed E-state index contributed by atoms with van der Waals surface area (Å²) in [7, 11) is 1.83. The first-order valence-corrected chi connectivity index (χ1v) is 9.59. The Balaban J connectivity index is 1.38. The maximum Gasteiger partial charge on any atom is 0.257 e. The van der Waals surface area contributed by atoms with E-state index in [1.165, 1.54) is 0 Å². The van der Waals surface area contributed by atoms with Crippen LogP contribution in [0.2, 0.25) is 0 Å². The second-order valence-electron chi connectivity index (χ2n) is 7.43. The summed E-state index contributed by atoms with van der Waals surface area (Å²) in [5.41, 5.74) is 8.10. The maximum atomic E-state index is 12.7. The molecule has 1 aliphatic heterocycles. The van der Waals surface area contributed by atoms with Crippen LogP contribution in [0, 0.1) is 0 Å². The number of carbonyl (C=O) groups excluding carboxylic acids is 1. The number of pyridine rings is 2. The first-order chi connectivity index (χ1) is 14.5. The fraction of sp³-hybridized carbons (Fsp3) is 0.190. The summed E-state index contributed by atoms with van der Waals surface area (Å²) in [6, 6.07) is 11.4. The smallest absolute Gasteiger partial charge is 0.257 e. The molecule has 9 heteroatoms. The minimum Gasteiger partial charge on any atom is -0.353 e. The monoisotopic (exact) mass is 400 g/mol. The van der Waals surface area contributed by atoms with Crippen molar-refractivity contribution >= 4 is 28.3 Å². The average molecular weight is 400 g/mol. The Bertz CT molecular complexity index is 1240. The van der Waals surface area contributed by atoms with Crippen molar-refractivity contribution in [2.75, 3.05) is 23.3 Å².